The summed E-state index contributed by atoms with van der Waals surface area (Å²) in [5.41, 5.74) is 3.94. The number of nitrogens with one attached hydrogen (secondary N) is 1. The molecular weight excluding hydrogens is 431 g/mol. The van der Waals surface area contributed by atoms with Crippen molar-refractivity contribution in [3.8, 4) is 16.9 Å². The fraction of sp³-hybridized carbons (Fsp3) is 0.536. The predicted octanol–water partition coefficient (Wildman–Crippen LogP) is 5.73. The first kappa shape index (κ1) is 23.2. The molecule has 34 heavy (non-hydrogen) atoms. The number of alkyl carbamates (subject to hydrolysis) is 1. The maximum atomic E-state index is 14.5. The first-order valence-corrected chi connectivity index (χ1v) is 12.6. The van der Waals surface area contributed by atoms with Gasteiger partial charge in [-0.25, -0.2) is 9.18 Å². The molecule has 6 rings (SSSR count). The summed E-state index contributed by atoms with van der Waals surface area (Å²) in [6.07, 6.45) is 3.58. The molecule has 3 aliphatic heterocycles. The minimum atomic E-state index is -0.346. The average molecular weight is 467 g/mol. The molecule has 3 saturated heterocycles. The summed E-state index contributed by atoms with van der Waals surface area (Å²) in [7, 11) is 0. The molecule has 1 aliphatic carbocycles. The summed E-state index contributed by atoms with van der Waals surface area (Å²) in [5, 5.41) is 3.17. The van der Waals surface area contributed by atoms with Crippen molar-refractivity contribution in [3.05, 3.63) is 53.3 Å². The van der Waals surface area contributed by atoms with Gasteiger partial charge in [0.15, 0.2) is 11.6 Å². The van der Waals surface area contributed by atoms with Crippen LogP contribution in [-0.4, -0.2) is 43.3 Å². The fourth-order valence-electron chi connectivity index (χ4n) is 5.85. The number of carbonyl (C=O) groups excluding carboxylic acids is 1. The molecule has 0 unspecified atom stereocenters. The minimum Gasteiger partial charge on any atom is -0.491 e. The highest BCUT2D eigenvalue weighted by molar-refractivity contribution is 5.70. The number of piperidine rings is 3. The van der Waals surface area contributed by atoms with Gasteiger partial charge in [-0.2, -0.15) is 0 Å². The van der Waals surface area contributed by atoms with E-state index in [4.69, 9.17) is 9.47 Å². The largest absolute Gasteiger partial charge is 0.491 e. The van der Waals surface area contributed by atoms with E-state index in [1.807, 2.05) is 19.1 Å². The number of ether oxygens (including phenoxy) is 2. The van der Waals surface area contributed by atoms with E-state index in [-0.39, 0.29) is 29.5 Å². The van der Waals surface area contributed by atoms with Gasteiger partial charge < -0.3 is 14.8 Å². The van der Waals surface area contributed by atoms with E-state index in [1.54, 1.807) is 6.07 Å². The Labute approximate surface area is 201 Å². The van der Waals surface area contributed by atoms with Crippen molar-refractivity contribution in [2.24, 2.45) is 11.3 Å². The Morgan fingerprint density at radius 1 is 1.15 bits per heavy atom. The van der Waals surface area contributed by atoms with Crippen molar-refractivity contribution in [3.63, 3.8) is 0 Å². The lowest BCUT2D eigenvalue weighted by atomic mass is 9.85. The third kappa shape index (κ3) is 4.52. The number of nitrogens with zero attached hydrogens (tertiary/aromatic N) is 1. The fourth-order valence-corrected chi connectivity index (χ4v) is 5.85. The maximum Gasteiger partial charge on any atom is 0.407 e. The molecule has 0 spiro atoms. The molecule has 1 N–H and O–H groups in total. The van der Waals surface area contributed by atoms with Gasteiger partial charge in [-0.1, -0.05) is 45.0 Å². The lowest BCUT2D eigenvalue weighted by Crippen LogP contribution is -2.53. The number of hydrogen-bond acceptors (Lipinski definition) is 4. The highest BCUT2D eigenvalue weighted by Crippen LogP contribution is 2.46. The SMILES string of the molecule is CCCOc1ccc(-c2ccc3c(c2)CC(C)(C)[C@H]3NC(=O)O[C@@H]2CN3CCC2CC3)cc1F. The molecule has 2 bridgehead atoms. The molecule has 0 saturated carbocycles. The van der Waals surface area contributed by atoms with Gasteiger partial charge in [-0.15, -0.1) is 0 Å². The highest BCUT2D eigenvalue weighted by Gasteiger charge is 2.42. The van der Waals surface area contributed by atoms with Gasteiger partial charge in [0, 0.05) is 6.54 Å². The monoisotopic (exact) mass is 466 g/mol. The number of carbonyl (C=O) groups is 1. The zero-order chi connectivity index (χ0) is 23.9. The molecule has 3 heterocycles. The van der Waals surface area contributed by atoms with Crippen LogP contribution in [0, 0.1) is 17.2 Å². The van der Waals surface area contributed by atoms with Crippen LogP contribution in [0.4, 0.5) is 9.18 Å². The van der Waals surface area contributed by atoms with Crippen LogP contribution >= 0.6 is 0 Å². The van der Waals surface area contributed by atoms with E-state index in [9.17, 15) is 9.18 Å². The molecule has 182 valence electrons. The molecule has 2 aromatic carbocycles. The Morgan fingerprint density at radius 2 is 1.88 bits per heavy atom. The van der Waals surface area contributed by atoms with Crippen LogP contribution in [0.3, 0.4) is 0 Å². The van der Waals surface area contributed by atoms with Crippen molar-refractivity contribution in [1.82, 2.24) is 10.2 Å². The summed E-state index contributed by atoms with van der Waals surface area (Å²) in [6, 6.07) is 11.2. The molecule has 6 heteroatoms. The average Bonchev–Trinajstić information content (AvgIpc) is 3.07. The number of amides is 1. The smallest absolute Gasteiger partial charge is 0.407 e. The molecule has 4 aliphatic rings. The van der Waals surface area contributed by atoms with Crippen LogP contribution in [0.25, 0.3) is 11.1 Å². The summed E-state index contributed by atoms with van der Waals surface area (Å²) < 4.78 is 25.9. The van der Waals surface area contributed by atoms with E-state index in [1.165, 1.54) is 11.6 Å². The molecule has 1 amide bonds. The molecule has 0 aromatic heterocycles. The lowest BCUT2D eigenvalue weighted by Gasteiger charge is -2.44. The predicted molar refractivity (Wildman–Crippen MR) is 130 cm³/mol. The molecular formula is C28H35FN2O3. The molecule has 2 aromatic rings. The molecule has 0 radical (unpaired) electrons. The number of halogens is 1. The summed E-state index contributed by atoms with van der Waals surface area (Å²) >= 11 is 0. The summed E-state index contributed by atoms with van der Waals surface area (Å²) in [4.78, 5) is 15.3. The number of benzene rings is 2. The second-order valence-electron chi connectivity index (χ2n) is 10.7. The van der Waals surface area contributed by atoms with Gasteiger partial charge in [0.05, 0.1) is 12.6 Å². The van der Waals surface area contributed by atoms with Crippen LogP contribution in [-0.2, 0) is 11.2 Å². The van der Waals surface area contributed by atoms with Crippen molar-refractivity contribution in [2.75, 3.05) is 26.2 Å². The Balaban J connectivity index is 1.30. The Bertz CT molecular complexity index is 1060. The normalized spacial score (nSPS) is 26.7. The minimum absolute atomic E-state index is 0.00645. The van der Waals surface area contributed by atoms with Gasteiger partial charge in [0.2, 0.25) is 0 Å². The number of fused-ring (bicyclic) bond motifs is 4. The zero-order valence-electron chi connectivity index (χ0n) is 20.4. The van der Waals surface area contributed by atoms with Gasteiger partial charge in [-0.3, -0.25) is 4.90 Å². The lowest BCUT2D eigenvalue weighted by molar-refractivity contribution is -0.0348. The van der Waals surface area contributed by atoms with Crippen molar-refractivity contribution in [2.45, 2.75) is 58.6 Å². The van der Waals surface area contributed by atoms with Crippen molar-refractivity contribution >= 4 is 6.09 Å². The van der Waals surface area contributed by atoms with Gasteiger partial charge >= 0.3 is 6.09 Å². The maximum absolute atomic E-state index is 14.5. The van der Waals surface area contributed by atoms with Crippen molar-refractivity contribution < 1.29 is 18.7 Å². The molecule has 2 atom stereocenters. The van der Waals surface area contributed by atoms with E-state index in [0.717, 1.165) is 62.0 Å². The number of hydrogen-bond donors (Lipinski definition) is 1. The quantitative estimate of drug-likeness (QED) is 0.591. The van der Waals surface area contributed by atoms with E-state index < -0.39 is 0 Å². The van der Waals surface area contributed by atoms with Crippen LogP contribution in [0.1, 0.15) is 57.2 Å². The second-order valence-corrected chi connectivity index (χ2v) is 10.7. The topological polar surface area (TPSA) is 50.8 Å². The summed E-state index contributed by atoms with van der Waals surface area (Å²) in [5.74, 6) is 0.432. The van der Waals surface area contributed by atoms with Crippen LogP contribution in [0.2, 0.25) is 0 Å². The molecule has 5 nitrogen and oxygen atoms in total. The molecule has 3 fully saturated rings. The Morgan fingerprint density at radius 3 is 2.56 bits per heavy atom. The van der Waals surface area contributed by atoms with E-state index in [2.05, 4.69) is 36.2 Å². The Kier molecular flexibility index (Phi) is 6.28. The third-order valence-electron chi connectivity index (χ3n) is 7.73. The van der Waals surface area contributed by atoms with Crippen LogP contribution in [0.15, 0.2) is 36.4 Å². The zero-order valence-corrected chi connectivity index (χ0v) is 20.4. The van der Waals surface area contributed by atoms with Gasteiger partial charge in [-0.05, 0) is 84.5 Å². The standard InChI is InChI=1S/C28H35FN2O3/c1-4-13-33-24-8-6-20(15-23(24)29)19-5-7-22-21(14-19)16-28(2,3)26(22)30-27(32)34-25-17-31-11-9-18(25)10-12-31/h5-8,14-15,18,25-26H,4,9-13,16-17H2,1-3H3,(H,30,32)/t25-,26+/m1/s1. The highest BCUT2D eigenvalue weighted by atomic mass is 19.1. The van der Waals surface area contributed by atoms with Gasteiger partial charge in [0.25, 0.3) is 0 Å². The number of rotatable bonds is 6. The van der Waals surface area contributed by atoms with Crippen LogP contribution < -0.4 is 10.1 Å². The summed E-state index contributed by atoms with van der Waals surface area (Å²) in [6.45, 7) is 9.94. The first-order valence-electron chi connectivity index (χ1n) is 12.6. The van der Waals surface area contributed by atoms with Gasteiger partial charge in [0.1, 0.15) is 6.10 Å². The first-order chi connectivity index (χ1) is 16.3. The van der Waals surface area contributed by atoms with E-state index >= 15 is 0 Å². The van der Waals surface area contributed by atoms with Crippen LogP contribution in [0.5, 0.6) is 5.75 Å². The van der Waals surface area contributed by atoms with E-state index in [0.29, 0.717) is 18.3 Å². The second kappa shape index (κ2) is 9.21. The Hall–Kier alpha value is -2.60. The van der Waals surface area contributed by atoms with Crippen molar-refractivity contribution in [1.29, 1.82) is 0 Å². The third-order valence-corrected chi connectivity index (χ3v) is 7.73.